The number of benzene rings is 1. The molecule has 2 aromatic rings. The summed E-state index contributed by atoms with van der Waals surface area (Å²) in [6.45, 7) is 9.32. The fourth-order valence-corrected chi connectivity index (χ4v) is 3.56. The number of aromatic nitrogens is 1. The van der Waals surface area contributed by atoms with Gasteiger partial charge in [0.25, 0.3) is 0 Å². The van der Waals surface area contributed by atoms with E-state index in [1.165, 1.54) is 16.0 Å². The van der Waals surface area contributed by atoms with Crippen molar-refractivity contribution < 1.29 is 0 Å². The molecule has 1 aromatic heterocycles. The van der Waals surface area contributed by atoms with E-state index in [9.17, 15) is 0 Å². The zero-order valence-electron chi connectivity index (χ0n) is 15.7. The molecule has 0 bridgehead atoms. The highest BCUT2D eigenvalue weighted by molar-refractivity contribution is 14.0. The maximum atomic E-state index is 4.48. The first-order chi connectivity index (χ1) is 11.5. The first-order valence-corrected chi connectivity index (χ1v) is 9.34. The molecule has 0 amide bonds. The first-order valence-electron chi connectivity index (χ1n) is 8.52. The molecule has 25 heavy (non-hydrogen) atoms. The van der Waals surface area contributed by atoms with Crippen LogP contribution in [0.15, 0.2) is 29.3 Å². The lowest BCUT2D eigenvalue weighted by Gasteiger charge is -2.18. The van der Waals surface area contributed by atoms with Crippen LogP contribution in [0.5, 0.6) is 0 Å². The molecular formula is C19H29IN4S. The molecule has 1 heterocycles. The van der Waals surface area contributed by atoms with Crippen LogP contribution in [0.3, 0.4) is 0 Å². The maximum Gasteiger partial charge on any atom is 0.191 e. The highest BCUT2D eigenvalue weighted by atomic mass is 127. The first kappa shape index (κ1) is 21.9. The number of aryl methyl sites for hydroxylation is 3. The van der Waals surface area contributed by atoms with Gasteiger partial charge in [-0.05, 0) is 38.3 Å². The summed E-state index contributed by atoms with van der Waals surface area (Å²) < 4.78 is 0. The lowest BCUT2D eigenvalue weighted by atomic mass is 10.1. The zero-order chi connectivity index (χ0) is 17.5. The van der Waals surface area contributed by atoms with Gasteiger partial charge < -0.3 is 10.6 Å². The van der Waals surface area contributed by atoms with Gasteiger partial charge in [0.15, 0.2) is 5.96 Å². The van der Waals surface area contributed by atoms with Gasteiger partial charge in [0.1, 0.15) is 0 Å². The third kappa shape index (κ3) is 6.58. The Balaban J connectivity index is 0.00000312. The number of aliphatic imine (C=N–C) groups is 1. The molecule has 138 valence electrons. The van der Waals surface area contributed by atoms with E-state index in [0.29, 0.717) is 0 Å². The average Bonchev–Trinajstić information content (AvgIpc) is 2.91. The molecule has 0 aliphatic rings. The topological polar surface area (TPSA) is 49.3 Å². The molecule has 0 aliphatic carbocycles. The summed E-state index contributed by atoms with van der Waals surface area (Å²) in [4.78, 5) is 10.2. The smallest absolute Gasteiger partial charge is 0.191 e. The van der Waals surface area contributed by atoms with Crippen molar-refractivity contribution in [3.8, 4) is 0 Å². The van der Waals surface area contributed by atoms with Crippen LogP contribution in [0.2, 0.25) is 0 Å². The minimum absolute atomic E-state index is 0. The van der Waals surface area contributed by atoms with Gasteiger partial charge in [0, 0.05) is 24.9 Å². The third-order valence-corrected chi connectivity index (χ3v) is 5.24. The highest BCUT2D eigenvalue weighted by Gasteiger charge is 2.09. The fraction of sp³-hybridized carbons (Fsp3) is 0.474. The number of rotatable bonds is 6. The van der Waals surface area contributed by atoms with Gasteiger partial charge >= 0.3 is 0 Å². The number of nitrogens with one attached hydrogen (secondary N) is 2. The summed E-state index contributed by atoms with van der Waals surface area (Å²) in [6, 6.07) is 8.98. The van der Waals surface area contributed by atoms with Gasteiger partial charge in [0.05, 0.1) is 16.7 Å². The molecule has 0 spiro atoms. The fourth-order valence-electron chi connectivity index (χ4n) is 2.62. The van der Waals surface area contributed by atoms with Crippen molar-refractivity contribution in [1.82, 2.24) is 15.6 Å². The second-order valence-corrected chi connectivity index (χ2v) is 7.24. The van der Waals surface area contributed by atoms with Gasteiger partial charge in [-0.15, -0.1) is 35.3 Å². The van der Waals surface area contributed by atoms with Gasteiger partial charge in [0.2, 0.25) is 0 Å². The molecule has 6 heteroatoms. The molecule has 1 atom stereocenters. The molecule has 0 aliphatic heterocycles. The van der Waals surface area contributed by atoms with Crippen LogP contribution in [0.4, 0.5) is 0 Å². The summed E-state index contributed by atoms with van der Waals surface area (Å²) in [5.74, 6) is 0.834. The predicted molar refractivity (Wildman–Crippen MR) is 119 cm³/mol. The van der Waals surface area contributed by atoms with E-state index in [-0.39, 0.29) is 30.0 Å². The summed E-state index contributed by atoms with van der Waals surface area (Å²) in [5, 5.41) is 7.98. The van der Waals surface area contributed by atoms with Crippen molar-refractivity contribution in [3.63, 3.8) is 0 Å². The number of nitrogens with zero attached hydrogens (tertiary/aromatic N) is 2. The SMILES string of the molecule is CCc1ccc(C(C)NC(=NC)NCCc2sc(C)nc2C)cc1.I. The summed E-state index contributed by atoms with van der Waals surface area (Å²) in [7, 11) is 1.81. The summed E-state index contributed by atoms with van der Waals surface area (Å²) >= 11 is 1.78. The summed E-state index contributed by atoms with van der Waals surface area (Å²) in [6.07, 6.45) is 2.04. The monoisotopic (exact) mass is 472 g/mol. The van der Waals surface area contributed by atoms with Crippen molar-refractivity contribution in [2.75, 3.05) is 13.6 Å². The Morgan fingerprint density at radius 2 is 1.92 bits per heavy atom. The quantitative estimate of drug-likeness (QED) is 0.372. The number of hydrogen-bond acceptors (Lipinski definition) is 3. The van der Waals surface area contributed by atoms with Crippen LogP contribution in [0.1, 0.15) is 46.6 Å². The number of halogens is 1. The van der Waals surface area contributed by atoms with E-state index >= 15 is 0 Å². The molecular weight excluding hydrogens is 443 g/mol. The minimum Gasteiger partial charge on any atom is -0.356 e. The second kappa shape index (κ2) is 10.8. The molecule has 0 saturated carbocycles. The van der Waals surface area contributed by atoms with Crippen molar-refractivity contribution in [2.24, 2.45) is 4.99 Å². The zero-order valence-corrected chi connectivity index (χ0v) is 18.9. The van der Waals surface area contributed by atoms with Crippen LogP contribution in [0.25, 0.3) is 0 Å². The molecule has 0 radical (unpaired) electrons. The van der Waals surface area contributed by atoms with Gasteiger partial charge in [-0.1, -0.05) is 31.2 Å². The lowest BCUT2D eigenvalue weighted by Crippen LogP contribution is -2.39. The maximum absolute atomic E-state index is 4.48. The van der Waals surface area contributed by atoms with Crippen molar-refractivity contribution >= 4 is 41.3 Å². The van der Waals surface area contributed by atoms with E-state index < -0.39 is 0 Å². The molecule has 2 rings (SSSR count). The molecule has 4 nitrogen and oxygen atoms in total. The van der Waals surface area contributed by atoms with Crippen molar-refractivity contribution in [1.29, 1.82) is 0 Å². The van der Waals surface area contributed by atoms with E-state index in [1.54, 1.807) is 11.3 Å². The largest absolute Gasteiger partial charge is 0.356 e. The normalized spacial score (nSPS) is 12.4. The minimum atomic E-state index is 0. The van der Waals surface area contributed by atoms with Gasteiger partial charge in [-0.2, -0.15) is 0 Å². The van der Waals surface area contributed by atoms with E-state index in [1.807, 2.05) is 7.05 Å². The Hall–Kier alpha value is -1.15. The highest BCUT2D eigenvalue weighted by Crippen LogP contribution is 2.17. The van der Waals surface area contributed by atoms with Crippen LogP contribution in [0, 0.1) is 13.8 Å². The van der Waals surface area contributed by atoms with Crippen LogP contribution in [-0.4, -0.2) is 24.5 Å². The number of hydrogen-bond donors (Lipinski definition) is 2. The Bertz CT molecular complexity index is 679. The predicted octanol–water partition coefficient (Wildman–Crippen LogP) is 4.41. The average molecular weight is 472 g/mol. The number of thiazole rings is 1. The van der Waals surface area contributed by atoms with E-state index in [0.717, 1.165) is 36.0 Å². The Kier molecular flexibility index (Phi) is 9.42. The third-order valence-electron chi connectivity index (χ3n) is 4.11. The Morgan fingerprint density at radius 3 is 2.44 bits per heavy atom. The molecule has 1 unspecified atom stereocenters. The standard InChI is InChI=1S/C19H28N4S.HI/c1-6-16-7-9-17(10-8-16)13(2)23-19(20-5)21-12-11-18-14(3)22-15(4)24-18;/h7-10,13H,6,11-12H2,1-5H3,(H2,20,21,23);1H. The van der Waals surface area contributed by atoms with Crippen molar-refractivity contribution in [2.45, 2.75) is 46.6 Å². The molecule has 2 N–H and O–H groups in total. The van der Waals surface area contributed by atoms with Crippen LogP contribution in [-0.2, 0) is 12.8 Å². The Labute approximate surface area is 172 Å². The molecule has 0 fully saturated rings. The Morgan fingerprint density at radius 1 is 1.24 bits per heavy atom. The van der Waals surface area contributed by atoms with E-state index in [4.69, 9.17) is 0 Å². The summed E-state index contributed by atoms with van der Waals surface area (Å²) in [5.41, 5.74) is 3.78. The second-order valence-electron chi connectivity index (χ2n) is 5.95. The van der Waals surface area contributed by atoms with Crippen molar-refractivity contribution in [3.05, 3.63) is 51.0 Å². The van der Waals surface area contributed by atoms with Gasteiger partial charge in [-0.3, -0.25) is 4.99 Å². The number of guanidine groups is 1. The van der Waals surface area contributed by atoms with Gasteiger partial charge in [-0.25, -0.2) is 4.98 Å². The van der Waals surface area contributed by atoms with Crippen LogP contribution >= 0.6 is 35.3 Å². The lowest BCUT2D eigenvalue weighted by molar-refractivity contribution is 0.684. The van der Waals surface area contributed by atoms with E-state index in [2.05, 4.69) is 72.6 Å². The molecule has 1 aromatic carbocycles. The van der Waals surface area contributed by atoms with Crippen LogP contribution < -0.4 is 10.6 Å². The molecule has 0 saturated heterocycles.